The summed E-state index contributed by atoms with van der Waals surface area (Å²) in [6, 6.07) is 14.4. The van der Waals surface area contributed by atoms with Crippen molar-refractivity contribution in [3.63, 3.8) is 0 Å². The van der Waals surface area contributed by atoms with Crippen LogP contribution in [-0.4, -0.2) is 37.8 Å². The number of ether oxygens (including phenoxy) is 1. The van der Waals surface area contributed by atoms with Gasteiger partial charge in [-0.05, 0) is 29.8 Å². The molecular formula is C18H19N2O3. The van der Waals surface area contributed by atoms with Crippen molar-refractivity contribution in [1.82, 2.24) is 4.90 Å². The summed E-state index contributed by atoms with van der Waals surface area (Å²) in [6.07, 6.45) is 0. The van der Waals surface area contributed by atoms with E-state index in [0.29, 0.717) is 11.3 Å². The van der Waals surface area contributed by atoms with Gasteiger partial charge in [0.1, 0.15) is 5.75 Å². The van der Waals surface area contributed by atoms with Crippen molar-refractivity contribution in [2.45, 2.75) is 0 Å². The van der Waals surface area contributed by atoms with Crippen LogP contribution in [-0.2, 0) is 4.79 Å². The van der Waals surface area contributed by atoms with E-state index in [1.807, 2.05) is 24.3 Å². The molecule has 0 atom stereocenters. The number of nitrogens with zero attached hydrogens (tertiary/aromatic N) is 1. The minimum atomic E-state index is -0.552. The standard InChI is InChI=1S/C18H19N2O3/c1-20(2)18(22)17(21)15-6-4-5-7-16(15)19-12-13-8-10-14(23-3)11-9-13/h4-12,19H,1-3H3. The van der Waals surface area contributed by atoms with Gasteiger partial charge in [-0.3, -0.25) is 9.59 Å². The molecule has 2 aromatic rings. The smallest absolute Gasteiger partial charge is 0.294 e. The summed E-state index contributed by atoms with van der Waals surface area (Å²) in [6.45, 7) is 1.77. The lowest BCUT2D eigenvalue weighted by atomic mass is 10.1. The molecule has 23 heavy (non-hydrogen) atoms. The van der Waals surface area contributed by atoms with E-state index in [2.05, 4.69) is 5.32 Å². The Hall–Kier alpha value is -2.82. The molecule has 1 radical (unpaired) electrons. The second kappa shape index (κ2) is 7.45. The number of anilines is 1. The zero-order valence-corrected chi connectivity index (χ0v) is 13.4. The van der Waals surface area contributed by atoms with Crippen molar-refractivity contribution in [2.24, 2.45) is 0 Å². The van der Waals surface area contributed by atoms with Crippen LogP contribution in [0.3, 0.4) is 0 Å². The van der Waals surface area contributed by atoms with Gasteiger partial charge in [0.05, 0.1) is 19.2 Å². The van der Waals surface area contributed by atoms with Gasteiger partial charge in [-0.2, -0.15) is 0 Å². The van der Waals surface area contributed by atoms with Crippen LogP contribution in [0.15, 0.2) is 48.5 Å². The molecule has 0 heterocycles. The Balaban J connectivity index is 2.14. The second-order valence-electron chi connectivity index (χ2n) is 5.14. The minimum Gasteiger partial charge on any atom is -0.497 e. The molecule has 0 unspecified atom stereocenters. The second-order valence-corrected chi connectivity index (χ2v) is 5.14. The largest absolute Gasteiger partial charge is 0.497 e. The summed E-state index contributed by atoms with van der Waals surface area (Å²) in [4.78, 5) is 25.4. The number of likely N-dealkylation sites (N-methyl/N-ethyl adjacent to an activating group) is 1. The van der Waals surface area contributed by atoms with Crippen molar-refractivity contribution in [2.75, 3.05) is 26.5 Å². The van der Waals surface area contributed by atoms with Crippen molar-refractivity contribution in [3.05, 3.63) is 66.2 Å². The quantitative estimate of drug-likeness (QED) is 0.658. The van der Waals surface area contributed by atoms with Crippen LogP contribution in [0.2, 0.25) is 0 Å². The van der Waals surface area contributed by atoms with Crippen LogP contribution in [0.5, 0.6) is 5.75 Å². The van der Waals surface area contributed by atoms with E-state index in [-0.39, 0.29) is 0 Å². The maximum Gasteiger partial charge on any atom is 0.294 e. The number of methoxy groups -OCH3 is 1. The van der Waals surface area contributed by atoms with Crippen LogP contribution in [0.1, 0.15) is 15.9 Å². The molecular weight excluding hydrogens is 292 g/mol. The number of rotatable bonds is 6. The van der Waals surface area contributed by atoms with Crippen molar-refractivity contribution < 1.29 is 14.3 Å². The molecule has 0 fully saturated rings. The first-order valence-electron chi connectivity index (χ1n) is 7.11. The predicted molar refractivity (Wildman–Crippen MR) is 89.5 cm³/mol. The Kier molecular flexibility index (Phi) is 5.36. The maximum atomic E-state index is 12.2. The number of carbonyl (C=O) groups excluding carboxylic acids is 2. The van der Waals surface area contributed by atoms with E-state index in [9.17, 15) is 9.59 Å². The first-order chi connectivity index (χ1) is 11.0. The zero-order chi connectivity index (χ0) is 16.8. The molecule has 0 bridgehead atoms. The molecule has 5 nitrogen and oxygen atoms in total. The lowest BCUT2D eigenvalue weighted by Crippen LogP contribution is -2.30. The van der Waals surface area contributed by atoms with Crippen LogP contribution in [0.25, 0.3) is 0 Å². The van der Waals surface area contributed by atoms with Gasteiger partial charge in [-0.15, -0.1) is 0 Å². The first kappa shape index (κ1) is 16.5. The number of carbonyl (C=O) groups is 2. The van der Waals surface area contributed by atoms with Gasteiger partial charge in [0.2, 0.25) is 0 Å². The molecule has 0 aliphatic carbocycles. The molecule has 0 spiro atoms. The van der Waals surface area contributed by atoms with Crippen molar-refractivity contribution in [1.29, 1.82) is 0 Å². The van der Waals surface area contributed by atoms with Gasteiger partial charge < -0.3 is 15.0 Å². The van der Waals surface area contributed by atoms with E-state index >= 15 is 0 Å². The van der Waals surface area contributed by atoms with Crippen LogP contribution in [0, 0.1) is 6.54 Å². The molecule has 0 saturated carbocycles. The highest BCUT2D eigenvalue weighted by Gasteiger charge is 2.20. The van der Waals surface area contributed by atoms with Gasteiger partial charge in [0.25, 0.3) is 11.7 Å². The number of amides is 1. The number of ketones is 1. The lowest BCUT2D eigenvalue weighted by Gasteiger charge is -2.13. The predicted octanol–water partition coefficient (Wildman–Crippen LogP) is 2.59. The molecule has 119 valence electrons. The molecule has 5 heteroatoms. The number of Topliss-reactive ketones (excluding diaryl/α,β-unsaturated/α-hetero) is 1. The minimum absolute atomic E-state index is 0.343. The van der Waals surface area contributed by atoms with Crippen molar-refractivity contribution in [3.8, 4) is 5.75 Å². The Morgan fingerprint density at radius 1 is 1.04 bits per heavy atom. The summed E-state index contributed by atoms with van der Waals surface area (Å²) >= 11 is 0. The van der Waals surface area contributed by atoms with Crippen LogP contribution < -0.4 is 10.1 Å². The highest BCUT2D eigenvalue weighted by Crippen LogP contribution is 2.19. The first-order valence-corrected chi connectivity index (χ1v) is 7.11. The van der Waals surface area contributed by atoms with Gasteiger partial charge in [0, 0.05) is 19.8 Å². The van der Waals surface area contributed by atoms with Crippen molar-refractivity contribution >= 4 is 17.4 Å². The third-order valence-corrected chi connectivity index (χ3v) is 3.28. The molecule has 1 N–H and O–H groups in total. The average molecular weight is 311 g/mol. The third-order valence-electron chi connectivity index (χ3n) is 3.28. The Morgan fingerprint density at radius 3 is 2.30 bits per heavy atom. The fourth-order valence-corrected chi connectivity index (χ4v) is 1.99. The summed E-state index contributed by atoms with van der Waals surface area (Å²) in [5.74, 6) is -0.320. The molecule has 2 aromatic carbocycles. The monoisotopic (exact) mass is 311 g/mol. The number of nitrogens with one attached hydrogen (secondary N) is 1. The highest BCUT2D eigenvalue weighted by atomic mass is 16.5. The third kappa shape index (κ3) is 4.10. The molecule has 2 rings (SSSR count). The summed E-state index contributed by atoms with van der Waals surface area (Å²) in [5.41, 5.74) is 1.85. The summed E-state index contributed by atoms with van der Waals surface area (Å²) in [7, 11) is 4.72. The molecule has 0 aliphatic rings. The fourth-order valence-electron chi connectivity index (χ4n) is 1.99. The Labute approximate surface area is 135 Å². The lowest BCUT2D eigenvalue weighted by molar-refractivity contribution is -0.124. The SMILES string of the molecule is COc1ccc([CH]Nc2ccccc2C(=O)C(=O)N(C)C)cc1. The van der Waals surface area contributed by atoms with E-state index in [1.54, 1.807) is 52.0 Å². The molecule has 0 aromatic heterocycles. The maximum absolute atomic E-state index is 12.2. The molecule has 1 amide bonds. The van der Waals surface area contributed by atoms with E-state index < -0.39 is 11.7 Å². The van der Waals surface area contributed by atoms with Crippen LogP contribution in [0.4, 0.5) is 5.69 Å². The van der Waals surface area contributed by atoms with E-state index in [0.717, 1.165) is 11.3 Å². The summed E-state index contributed by atoms with van der Waals surface area (Å²) < 4.78 is 5.11. The molecule has 0 saturated heterocycles. The van der Waals surface area contributed by atoms with Crippen LogP contribution >= 0.6 is 0 Å². The normalized spacial score (nSPS) is 10.0. The average Bonchev–Trinajstić information content (AvgIpc) is 2.59. The Morgan fingerprint density at radius 2 is 1.70 bits per heavy atom. The Bertz CT molecular complexity index is 694. The number of hydrogen-bond acceptors (Lipinski definition) is 4. The summed E-state index contributed by atoms with van der Waals surface area (Å²) in [5, 5.41) is 3.08. The fraction of sp³-hybridized carbons (Fsp3) is 0.167. The zero-order valence-electron chi connectivity index (χ0n) is 13.4. The van der Waals surface area contributed by atoms with E-state index in [1.165, 1.54) is 4.90 Å². The van der Waals surface area contributed by atoms with Gasteiger partial charge in [0.15, 0.2) is 0 Å². The van der Waals surface area contributed by atoms with Gasteiger partial charge in [-0.25, -0.2) is 0 Å². The van der Waals surface area contributed by atoms with Gasteiger partial charge >= 0.3 is 0 Å². The van der Waals surface area contributed by atoms with Gasteiger partial charge in [-0.1, -0.05) is 24.3 Å². The number of benzene rings is 2. The number of hydrogen-bond donors (Lipinski definition) is 1. The number of para-hydroxylation sites is 1. The van der Waals surface area contributed by atoms with E-state index in [4.69, 9.17) is 4.74 Å². The molecule has 0 aliphatic heterocycles. The topological polar surface area (TPSA) is 58.6 Å². The highest BCUT2D eigenvalue weighted by molar-refractivity contribution is 6.43.